The molecule has 9 heteroatoms. The minimum atomic E-state index is -0.664. The molecule has 8 nitrogen and oxygen atoms in total. The van der Waals surface area contributed by atoms with Crippen LogP contribution in [0.25, 0.3) is 5.52 Å². The van der Waals surface area contributed by atoms with Gasteiger partial charge >= 0.3 is 0 Å². The van der Waals surface area contributed by atoms with Gasteiger partial charge in [0.05, 0.1) is 42.9 Å². The third kappa shape index (κ3) is 2.37. The number of nitrogens with one attached hydrogen (secondary N) is 1. The van der Waals surface area contributed by atoms with E-state index in [1.165, 1.54) is 10.7 Å². The van der Waals surface area contributed by atoms with Crippen molar-refractivity contribution >= 4 is 11.5 Å². The molecule has 6 rings (SSSR count). The van der Waals surface area contributed by atoms with Gasteiger partial charge in [-0.05, 0) is 26.2 Å². The van der Waals surface area contributed by atoms with Gasteiger partial charge in [0.2, 0.25) is 5.95 Å². The van der Waals surface area contributed by atoms with E-state index in [0.717, 1.165) is 12.8 Å². The number of hydrogen-bond acceptors (Lipinski definition) is 7. The third-order valence-electron chi connectivity index (χ3n) is 6.00. The summed E-state index contributed by atoms with van der Waals surface area (Å²) in [5, 5.41) is 27.2. The molecular weight excluding hydrogens is 353 g/mol. The van der Waals surface area contributed by atoms with Gasteiger partial charge in [0.1, 0.15) is 17.1 Å². The topological polar surface area (TPSA) is 105 Å². The maximum atomic E-state index is 14.8. The van der Waals surface area contributed by atoms with Crippen LogP contribution < -0.4 is 5.32 Å². The number of nitrogens with zero attached hydrogens (tertiary/aromatic N) is 4. The molecule has 0 amide bonds. The number of halogens is 1. The monoisotopic (exact) mass is 373 g/mol. The summed E-state index contributed by atoms with van der Waals surface area (Å²) in [5.41, 5.74) is 0.157. The first-order chi connectivity index (χ1) is 12.9. The van der Waals surface area contributed by atoms with Crippen molar-refractivity contribution in [2.24, 2.45) is 0 Å². The fraction of sp³-hybridized carbons (Fsp3) is 0.611. The Balaban J connectivity index is 1.58. The third-order valence-corrected chi connectivity index (χ3v) is 6.00. The van der Waals surface area contributed by atoms with Crippen molar-refractivity contribution in [1.82, 2.24) is 14.6 Å². The highest BCUT2D eigenvalue weighted by Gasteiger charge is 2.62. The van der Waals surface area contributed by atoms with Crippen molar-refractivity contribution in [2.45, 2.75) is 49.3 Å². The van der Waals surface area contributed by atoms with Gasteiger partial charge in [-0.2, -0.15) is 5.26 Å². The molecule has 27 heavy (non-hydrogen) atoms. The Hall–Kier alpha value is -2.28. The van der Waals surface area contributed by atoms with Crippen LogP contribution in [0.5, 0.6) is 0 Å². The predicted molar refractivity (Wildman–Crippen MR) is 91.8 cm³/mol. The zero-order valence-corrected chi connectivity index (χ0v) is 14.9. The van der Waals surface area contributed by atoms with Gasteiger partial charge in [0.15, 0.2) is 5.82 Å². The van der Waals surface area contributed by atoms with Crippen LogP contribution in [0.3, 0.4) is 0 Å². The summed E-state index contributed by atoms with van der Waals surface area (Å²) >= 11 is 0. The first-order valence-electron chi connectivity index (χ1n) is 9.09. The number of aliphatic hydroxyl groups is 1. The van der Waals surface area contributed by atoms with Crippen LogP contribution in [0, 0.1) is 17.1 Å². The Bertz CT molecular complexity index is 962. The molecule has 0 spiro atoms. The number of aliphatic hydroxyl groups excluding tert-OH is 1. The van der Waals surface area contributed by atoms with Gasteiger partial charge in [-0.3, -0.25) is 0 Å². The van der Waals surface area contributed by atoms with E-state index in [-0.39, 0.29) is 35.3 Å². The van der Waals surface area contributed by atoms with Crippen LogP contribution >= 0.6 is 0 Å². The van der Waals surface area contributed by atoms with Crippen LogP contribution in [0.4, 0.5) is 10.3 Å². The van der Waals surface area contributed by atoms with Crippen molar-refractivity contribution < 1.29 is 19.0 Å². The number of nitriles is 1. The van der Waals surface area contributed by atoms with E-state index in [1.54, 1.807) is 0 Å². The van der Waals surface area contributed by atoms with Gasteiger partial charge in [-0.15, -0.1) is 5.10 Å². The zero-order chi connectivity index (χ0) is 18.8. The first-order valence-corrected chi connectivity index (χ1v) is 9.09. The lowest BCUT2D eigenvalue weighted by molar-refractivity contribution is -0.0136. The number of fused-ring (bicyclic) bond motifs is 2. The molecule has 2 N–H and O–H groups in total. The normalized spacial score (nSPS) is 35.0. The highest BCUT2D eigenvalue weighted by molar-refractivity contribution is 5.60. The Labute approximate surface area is 154 Å². The second kappa shape index (κ2) is 5.61. The number of rotatable bonds is 3. The Morgan fingerprint density at radius 1 is 1.48 bits per heavy atom. The molecule has 5 heterocycles. The van der Waals surface area contributed by atoms with Crippen LogP contribution in [0.15, 0.2) is 6.20 Å². The van der Waals surface area contributed by atoms with Crippen molar-refractivity contribution in [3.05, 3.63) is 23.3 Å². The lowest BCUT2D eigenvalue weighted by Gasteiger charge is -2.42. The Kier molecular flexibility index (Phi) is 3.50. The maximum absolute atomic E-state index is 14.8. The molecule has 2 aromatic heterocycles. The zero-order valence-electron chi connectivity index (χ0n) is 14.9. The van der Waals surface area contributed by atoms with Gasteiger partial charge in [-0.1, -0.05) is 0 Å². The lowest BCUT2D eigenvalue weighted by atomic mass is 9.61. The van der Waals surface area contributed by atoms with E-state index in [0.29, 0.717) is 25.3 Å². The average Bonchev–Trinajstić information content (AvgIpc) is 3.24. The van der Waals surface area contributed by atoms with Gasteiger partial charge in [0, 0.05) is 12.0 Å². The highest BCUT2D eigenvalue weighted by atomic mass is 19.1. The van der Waals surface area contributed by atoms with E-state index in [4.69, 9.17) is 9.47 Å². The molecule has 2 atom stereocenters. The van der Waals surface area contributed by atoms with Crippen LogP contribution in [-0.4, -0.2) is 57.3 Å². The molecule has 1 aliphatic carbocycles. The average molecular weight is 373 g/mol. The van der Waals surface area contributed by atoms with E-state index < -0.39 is 17.3 Å². The SMILES string of the molecule is CC12CC(c3c(C#N)c(F)c4cnc(N[C@@H]5CCOC[C@H]5O)nn34)(CO1)C2. The second-order valence-electron chi connectivity index (χ2n) is 8.08. The van der Waals surface area contributed by atoms with E-state index in [1.807, 2.05) is 13.0 Å². The smallest absolute Gasteiger partial charge is 0.241 e. The summed E-state index contributed by atoms with van der Waals surface area (Å²) in [6.07, 6.45) is 2.82. The molecule has 0 radical (unpaired) electrons. The summed E-state index contributed by atoms with van der Waals surface area (Å²) in [4.78, 5) is 4.19. The van der Waals surface area contributed by atoms with Crippen LogP contribution in [-0.2, 0) is 14.9 Å². The summed E-state index contributed by atoms with van der Waals surface area (Å²) in [6, 6.07) is 1.76. The predicted octanol–water partition coefficient (Wildman–Crippen LogP) is 1.12. The van der Waals surface area contributed by atoms with Gasteiger partial charge in [0.25, 0.3) is 0 Å². The molecule has 2 aromatic rings. The molecule has 4 fully saturated rings. The first kappa shape index (κ1) is 16.9. The van der Waals surface area contributed by atoms with Crippen molar-refractivity contribution in [3.8, 4) is 6.07 Å². The van der Waals surface area contributed by atoms with E-state index in [2.05, 4.69) is 15.4 Å². The molecule has 3 saturated heterocycles. The fourth-order valence-electron chi connectivity index (χ4n) is 4.86. The van der Waals surface area contributed by atoms with Crippen molar-refractivity contribution in [1.29, 1.82) is 5.26 Å². The number of ether oxygens (including phenoxy) is 2. The number of aromatic nitrogens is 3. The molecule has 4 aliphatic rings. The number of anilines is 1. The molecule has 142 valence electrons. The van der Waals surface area contributed by atoms with Gasteiger partial charge in [-0.25, -0.2) is 13.9 Å². The maximum Gasteiger partial charge on any atom is 0.241 e. The Morgan fingerprint density at radius 3 is 2.96 bits per heavy atom. The minimum Gasteiger partial charge on any atom is -0.389 e. The summed E-state index contributed by atoms with van der Waals surface area (Å²) in [6.45, 7) is 3.28. The summed E-state index contributed by atoms with van der Waals surface area (Å²) in [5.74, 6) is -0.313. The largest absolute Gasteiger partial charge is 0.389 e. The molecule has 0 unspecified atom stereocenters. The minimum absolute atomic E-state index is 0.0140. The van der Waals surface area contributed by atoms with Crippen molar-refractivity contribution in [2.75, 3.05) is 25.1 Å². The summed E-state index contributed by atoms with van der Waals surface area (Å²) in [7, 11) is 0. The quantitative estimate of drug-likeness (QED) is 0.831. The lowest BCUT2D eigenvalue weighted by Crippen LogP contribution is -2.46. The number of hydrogen-bond donors (Lipinski definition) is 2. The van der Waals surface area contributed by atoms with E-state index >= 15 is 0 Å². The van der Waals surface area contributed by atoms with E-state index in [9.17, 15) is 14.8 Å². The van der Waals surface area contributed by atoms with Gasteiger partial charge < -0.3 is 19.9 Å². The molecule has 1 saturated carbocycles. The standard InChI is InChI=1S/C18H20FN5O3/c1-17-7-18(8-17,9-27-17)15-10(4-20)14(19)12-5-21-16(23-24(12)15)22-11-2-3-26-6-13(11)25/h5,11,13,25H,2-3,6-9H2,1H3,(H,22,23)/t11-,13-,17?,18?/m1/s1. The molecule has 0 aromatic carbocycles. The summed E-state index contributed by atoms with van der Waals surface area (Å²) < 4.78 is 27.4. The molecule has 3 aliphatic heterocycles. The Morgan fingerprint density at radius 2 is 2.30 bits per heavy atom. The second-order valence-corrected chi connectivity index (χ2v) is 8.08. The fourth-order valence-corrected chi connectivity index (χ4v) is 4.86. The van der Waals surface area contributed by atoms with Crippen LogP contribution in [0.2, 0.25) is 0 Å². The molecular formula is C18H20FN5O3. The highest BCUT2D eigenvalue weighted by Crippen LogP contribution is 2.59. The molecule has 2 bridgehead atoms. The van der Waals surface area contributed by atoms with Crippen LogP contribution in [0.1, 0.15) is 37.4 Å². The van der Waals surface area contributed by atoms with Crippen molar-refractivity contribution in [3.63, 3.8) is 0 Å².